The van der Waals surface area contributed by atoms with Gasteiger partial charge in [-0.25, -0.2) is 0 Å². The molecule has 0 amide bonds. The van der Waals surface area contributed by atoms with E-state index in [0.29, 0.717) is 19.8 Å². The largest absolute Gasteiger partial charge is 0.391 e. The van der Waals surface area contributed by atoms with E-state index in [4.69, 9.17) is 9.47 Å². The topological polar surface area (TPSA) is 38.7 Å². The molecule has 0 aromatic heterocycles. The van der Waals surface area contributed by atoms with E-state index < -0.39 is 0 Å². The molecule has 0 fully saturated rings. The molecule has 0 heterocycles. The van der Waals surface area contributed by atoms with Crippen LogP contribution < -0.4 is 0 Å². The van der Waals surface area contributed by atoms with Crippen LogP contribution in [-0.4, -0.2) is 37.1 Å². The van der Waals surface area contributed by atoms with E-state index in [1.54, 1.807) is 0 Å². The zero-order valence-electron chi connectivity index (χ0n) is 9.95. The maximum atomic E-state index is 9.33. The Bertz CT molecular complexity index is 148. The molecular weight excluding hydrogens is 192 g/mol. The van der Waals surface area contributed by atoms with Crippen molar-refractivity contribution in [1.82, 2.24) is 0 Å². The number of aliphatic hydroxyl groups excluding tert-OH is 1. The molecule has 0 bridgehead atoms. The summed E-state index contributed by atoms with van der Waals surface area (Å²) in [6.07, 6.45) is 4.08. The van der Waals surface area contributed by atoms with Gasteiger partial charge in [0.05, 0.1) is 32.0 Å². The van der Waals surface area contributed by atoms with Crippen LogP contribution in [0.25, 0.3) is 0 Å². The fourth-order valence-electron chi connectivity index (χ4n) is 1.03. The quantitative estimate of drug-likeness (QED) is 0.449. The number of hydrogen-bond donors (Lipinski definition) is 1. The lowest BCUT2D eigenvalue weighted by atomic mass is 10.2. The second-order valence-electron chi connectivity index (χ2n) is 3.58. The monoisotopic (exact) mass is 216 g/mol. The van der Waals surface area contributed by atoms with Crippen LogP contribution in [0.4, 0.5) is 0 Å². The average molecular weight is 216 g/mol. The molecule has 0 aromatic rings. The van der Waals surface area contributed by atoms with Crippen molar-refractivity contribution >= 4 is 0 Å². The Balaban J connectivity index is 3.49. The van der Waals surface area contributed by atoms with Gasteiger partial charge in [0.25, 0.3) is 0 Å². The molecule has 0 aliphatic heterocycles. The molecule has 0 radical (unpaired) electrons. The Morgan fingerprint density at radius 3 is 2.53 bits per heavy atom. The molecule has 3 nitrogen and oxygen atoms in total. The number of hydrogen-bond acceptors (Lipinski definition) is 3. The van der Waals surface area contributed by atoms with Crippen molar-refractivity contribution in [3.05, 3.63) is 12.7 Å². The molecule has 0 spiro atoms. The predicted molar refractivity (Wildman–Crippen MR) is 62.0 cm³/mol. The van der Waals surface area contributed by atoms with E-state index in [-0.39, 0.29) is 12.2 Å². The molecular formula is C12H24O3. The van der Waals surface area contributed by atoms with Gasteiger partial charge in [0.2, 0.25) is 0 Å². The zero-order chi connectivity index (χ0) is 11.5. The van der Waals surface area contributed by atoms with Gasteiger partial charge in [-0.05, 0) is 19.3 Å². The lowest BCUT2D eigenvalue weighted by Gasteiger charge is -2.18. The minimum absolute atomic E-state index is 0.0935. The SMILES string of the molecule is C=CCCOCC(CC)OCC(O)CC. The number of rotatable bonds is 10. The summed E-state index contributed by atoms with van der Waals surface area (Å²) in [4.78, 5) is 0. The van der Waals surface area contributed by atoms with Crippen molar-refractivity contribution in [3.8, 4) is 0 Å². The molecule has 0 aliphatic rings. The summed E-state index contributed by atoms with van der Waals surface area (Å²) in [6, 6.07) is 0. The van der Waals surface area contributed by atoms with Crippen LogP contribution in [0.5, 0.6) is 0 Å². The summed E-state index contributed by atoms with van der Waals surface area (Å²) in [5.74, 6) is 0. The molecule has 15 heavy (non-hydrogen) atoms. The summed E-state index contributed by atoms with van der Waals surface area (Å²) in [6.45, 7) is 9.31. The number of aliphatic hydroxyl groups is 1. The fraction of sp³-hybridized carbons (Fsp3) is 0.833. The van der Waals surface area contributed by atoms with Crippen LogP contribution in [0.1, 0.15) is 33.1 Å². The Kier molecular flexibility index (Phi) is 9.89. The highest BCUT2D eigenvalue weighted by Crippen LogP contribution is 2.02. The molecule has 0 saturated heterocycles. The van der Waals surface area contributed by atoms with E-state index in [1.807, 2.05) is 13.0 Å². The van der Waals surface area contributed by atoms with E-state index in [0.717, 1.165) is 19.3 Å². The van der Waals surface area contributed by atoms with Crippen LogP contribution in [0.15, 0.2) is 12.7 Å². The van der Waals surface area contributed by atoms with E-state index in [2.05, 4.69) is 13.5 Å². The first-order valence-electron chi connectivity index (χ1n) is 5.72. The molecule has 0 rings (SSSR count). The van der Waals surface area contributed by atoms with Crippen LogP contribution in [0.2, 0.25) is 0 Å². The van der Waals surface area contributed by atoms with Gasteiger partial charge in [0.15, 0.2) is 0 Å². The first-order valence-corrected chi connectivity index (χ1v) is 5.72. The lowest BCUT2D eigenvalue weighted by molar-refractivity contribution is -0.0497. The highest BCUT2D eigenvalue weighted by atomic mass is 16.5. The summed E-state index contributed by atoms with van der Waals surface area (Å²) < 4.78 is 10.9. The van der Waals surface area contributed by atoms with Crippen LogP contribution in [-0.2, 0) is 9.47 Å². The lowest BCUT2D eigenvalue weighted by Crippen LogP contribution is -2.24. The maximum Gasteiger partial charge on any atom is 0.0807 e. The third-order valence-corrected chi connectivity index (χ3v) is 2.22. The van der Waals surface area contributed by atoms with Crippen LogP contribution in [0.3, 0.4) is 0 Å². The van der Waals surface area contributed by atoms with Gasteiger partial charge >= 0.3 is 0 Å². The van der Waals surface area contributed by atoms with Crippen molar-refractivity contribution < 1.29 is 14.6 Å². The standard InChI is InChI=1S/C12H24O3/c1-4-7-8-14-10-12(6-3)15-9-11(13)5-2/h4,11-13H,1,5-10H2,2-3H3. The first kappa shape index (κ1) is 14.6. The molecule has 2 atom stereocenters. The minimum Gasteiger partial charge on any atom is -0.391 e. The van der Waals surface area contributed by atoms with Gasteiger partial charge in [-0.1, -0.05) is 19.9 Å². The molecule has 1 N–H and O–H groups in total. The van der Waals surface area contributed by atoms with Crippen molar-refractivity contribution in [1.29, 1.82) is 0 Å². The van der Waals surface area contributed by atoms with E-state index in [1.165, 1.54) is 0 Å². The summed E-state index contributed by atoms with van der Waals surface area (Å²) in [5, 5.41) is 9.33. The smallest absolute Gasteiger partial charge is 0.0807 e. The normalized spacial score (nSPS) is 14.9. The third kappa shape index (κ3) is 8.60. The fourth-order valence-corrected chi connectivity index (χ4v) is 1.03. The second kappa shape index (κ2) is 10.1. The minimum atomic E-state index is -0.354. The van der Waals surface area contributed by atoms with Crippen molar-refractivity contribution in [2.45, 2.75) is 45.3 Å². The highest BCUT2D eigenvalue weighted by Gasteiger charge is 2.09. The summed E-state index contributed by atoms with van der Waals surface area (Å²) in [7, 11) is 0. The predicted octanol–water partition coefficient (Wildman–Crippen LogP) is 2.15. The molecule has 0 aliphatic carbocycles. The average Bonchev–Trinajstić information content (AvgIpc) is 2.27. The van der Waals surface area contributed by atoms with Gasteiger partial charge in [0, 0.05) is 0 Å². The van der Waals surface area contributed by atoms with Crippen LogP contribution in [0, 0.1) is 0 Å². The summed E-state index contributed by atoms with van der Waals surface area (Å²) >= 11 is 0. The molecule has 2 unspecified atom stereocenters. The second-order valence-corrected chi connectivity index (χ2v) is 3.58. The Labute approximate surface area is 93.1 Å². The van der Waals surface area contributed by atoms with Gasteiger partial charge in [-0.2, -0.15) is 0 Å². The highest BCUT2D eigenvalue weighted by molar-refractivity contribution is 4.65. The zero-order valence-corrected chi connectivity index (χ0v) is 9.95. The van der Waals surface area contributed by atoms with Crippen molar-refractivity contribution in [3.63, 3.8) is 0 Å². The van der Waals surface area contributed by atoms with Crippen molar-refractivity contribution in [2.75, 3.05) is 19.8 Å². The van der Waals surface area contributed by atoms with E-state index >= 15 is 0 Å². The van der Waals surface area contributed by atoms with E-state index in [9.17, 15) is 5.11 Å². The van der Waals surface area contributed by atoms with Gasteiger partial charge in [-0.3, -0.25) is 0 Å². The maximum absolute atomic E-state index is 9.33. The summed E-state index contributed by atoms with van der Waals surface area (Å²) in [5.41, 5.74) is 0. The Morgan fingerprint density at radius 1 is 1.27 bits per heavy atom. The first-order chi connectivity index (χ1) is 7.24. The van der Waals surface area contributed by atoms with Gasteiger partial charge in [0.1, 0.15) is 0 Å². The Morgan fingerprint density at radius 2 is 2.00 bits per heavy atom. The molecule has 0 aromatic carbocycles. The van der Waals surface area contributed by atoms with Gasteiger partial charge < -0.3 is 14.6 Å². The molecule has 0 saturated carbocycles. The molecule has 90 valence electrons. The molecule has 3 heteroatoms. The van der Waals surface area contributed by atoms with Crippen LogP contribution >= 0.6 is 0 Å². The van der Waals surface area contributed by atoms with Gasteiger partial charge in [-0.15, -0.1) is 6.58 Å². The number of ether oxygens (including phenoxy) is 2. The Hall–Kier alpha value is -0.380. The van der Waals surface area contributed by atoms with Crippen molar-refractivity contribution in [2.24, 2.45) is 0 Å². The third-order valence-electron chi connectivity index (χ3n) is 2.22.